The predicted molar refractivity (Wildman–Crippen MR) is 198 cm³/mol. The summed E-state index contributed by atoms with van der Waals surface area (Å²) in [4.78, 5) is 25.0. The highest BCUT2D eigenvalue weighted by Gasteiger charge is 2.31. The van der Waals surface area contributed by atoms with Crippen LogP contribution in [0.5, 0.6) is 0 Å². The largest absolute Gasteiger partial charge is 0.257 e. The van der Waals surface area contributed by atoms with E-state index in [1.807, 2.05) is 42.7 Å². The maximum atomic E-state index is 5.32. The van der Waals surface area contributed by atoms with Gasteiger partial charge in [-0.15, -0.1) is 0 Å². The van der Waals surface area contributed by atoms with Crippen LogP contribution in [0, 0.1) is 5.92 Å². The molecule has 6 aromatic rings. The fourth-order valence-electron chi connectivity index (χ4n) is 6.77. The Bertz CT molecular complexity index is 2200. The van der Waals surface area contributed by atoms with E-state index in [0.717, 1.165) is 40.6 Å². The monoisotopic (exact) mass is 633 g/mol. The molecule has 3 unspecified atom stereocenters. The number of nitrogens with zero attached hydrogens (tertiary/aromatic N) is 5. The van der Waals surface area contributed by atoms with Gasteiger partial charge in [0.2, 0.25) is 0 Å². The second-order valence-electron chi connectivity index (χ2n) is 12.5. The first kappa shape index (κ1) is 30.3. The number of pyridine rings is 2. The third kappa shape index (κ3) is 6.43. The lowest BCUT2D eigenvalue weighted by atomic mass is 9.76. The van der Waals surface area contributed by atoms with Crippen molar-refractivity contribution in [3.63, 3.8) is 0 Å². The van der Waals surface area contributed by atoms with E-state index >= 15 is 0 Å². The van der Waals surface area contributed by atoms with E-state index < -0.39 is 0 Å². The number of allylic oxidation sites excluding steroid dienone is 8. The number of aromatic nitrogens is 5. The average Bonchev–Trinajstić information content (AvgIpc) is 3.19. The lowest BCUT2D eigenvalue weighted by Crippen LogP contribution is -2.19. The Morgan fingerprint density at radius 1 is 0.592 bits per heavy atom. The number of hydrogen-bond acceptors (Lipinski definition) is 5. The van der Waals surface area contributed by atoms with E-state index in [-0.39, 0.29) is 17.8 Å². The van der Waals surface area contributed by atoms with Crippen LogP contribution in [0.4, 0.5) is 0 Å². The van der Waals surface area contributed by atoms with E-state index in [1.54, 1.807) is 0 Å². The molecule has 3 atom stereocenters. The molecule has 2 aliphatic carbocycles. The van der Waals surface area contributed by atoms with Gasteiger partial charge in [0.25, 0.3) is 0 Å². The highest BCUT2D eigenvalue weighted by atomic mass is 15.0. The summed E-state index contributed by atoms with van der Waals surface area (Å²) in [6, 6.07) is 41.6. The fourth-order valence-corrected chi connectivity index (χ4v) is 6.77. The van der Waals surface area contributed by atoms with Crippen molar-refractivity contribution < 1.29 is 0 Å². The zero-order valence-electron chi connectivity index (χ0n) is 27.3. The van der Waals surface area contributed by atoms with Gasteiger partial charge >= 0.3 is 0 Å². The summed E-state index contributed by atoms with van der Waals surface area (Å²) in [6.45, 7) is 2.29. The van der Waals surface area contributed by atoms with Crippen LogP contribution in [0.1, 0.15) is 53.7 Å². The van der Waals surface area contributed by atoms with Crippen molar-refractivity contribution in [1.29, 1.82) is 0 Å². The topological polar surface area (TPSA) is 64.5 Å². The highest BCUT2D eigenvalue weighted by molar-refractivity contribution is 5.87. The number of rotatable bonds is 7. The molecule has 0 fully saturated rings. The first-order valence-corrected chi connectivity index (χ1v) is 16.8. The standard InChI is InChI=1S/C44H35N5/c1-30-38(32-16-6-3-7-17-32)28-37(31-14-4-2-5-15-31)29-39(30)44-48-42(35-20-12-18-33(26-35)40-22-8-10-24-45-40)47-43(49-44)36-21-13-19-34(27-36)41-23-9-11-25-46-41/h2-26,28-30,36,39H,27H2,1H3. The van der Waals surface area contributed by atoms with E-state index in [4.69, 9.17) is 15.0 Å². The summed E-state index contributed by atoms with van der Waals surface area (Å²) >= 11 is 0. The van der Waals surface area contributed by atoms with Crippen molar-refractivity contribution in [3.8, 4) is 22.6 Å². The molecule has 0 aliphatic heterocycles. The van der Waals surface area contributed by atoms with Crippen molar-refractivity contribution in [1.82, 2.24) is 24.9 Å². The molecule has 0 N–H and O–H groups in total. The van der Waals surface area contributed by atoms with Crippen LogP contribution in [0.2, 0.25) is 0 Å². The lowest BCUT2D eigenvalue weighted by Gasteiger charge is -2.29. The number of hydrogen-bond donors (Lipinski definition) is 0. The van der Waals surface area contributed by atoms with E-state index in [9.17, 15) is 0 Å². The van der Waals surface area contributed by atoms with E-state index in [0.29, 0.717) is 5.82 Å². The molecule has 236 valence electrons. The smallest absolute Gasteiger partial charge is 0.163 e. The molecule has 3 aromatic heterocycles. The Morgan fingerprint density at radius 2 is 1.24 bits per heavy atom. The van der Waals surface area contributed by atoms with E-state index in [2.05, 4.69) is 138 Å². The number of benzene rings is 3. The van der Waals surface area contributed by atoms with Gasteiger partial charge in [0.05, 0.1) is 11.4 Å². The van der Waals surface area contributed by atoms with Gasteiger partial charge in [-0.1, -0.05) is 128 Å². The maximum absolute atomic E-state index is 5.32. The van der Waals surface area contributed by atoms with Crippen molar-refractivity contribution in [2.45, 2.75) is 25.2 Å². The molecule has 5 nitrogen and oxygen atoms in total. The van der Waals surface area contributed by atoms with Gasteiger partial charge in [-0.25, -0.2) is 15.0 Å². The van der Waals surface area contributed by atoms with Crippen LogP contribution in [-0.4, -0.2) is 24.9 Å². The molecule has 5 heteroatoms. The Balaban J connectivity index is 1.26. The molecule has 0 saturated heterocycles. The average molecular weight is 634 g/mol. The minimum atomic E-state index is -0.0757. The van der Waals surface area contributed by atoms with Crippen LogP contribution >= 0.6 is 0 Å². The van der Waals surface area contributed by atoms with Gasteiger partial charge in [-0.05, 0) is 70.5 Å². The molecule has 3 heterocycles. The molecule has 0 spiro atoms. The van der Waals surface area contributed by atoms with Crippen LogP contribution in [0.15, 0.2) is 164 Å². The first-order valence-electron chi connectivity index (χ1n) is 16.8. The highest BCUT2D eigenvalue weighted by Crippen LogP contribution is 2.43. The zero-order valence-corrected chi connectivity index (χ0v) is 27.3. The zero-order chi connectivity index (χ0) is 33.0. The first-order chi connectivity index (χ1) is 24.2. The van der Waals surface area contributed by atoms with Crippen LogP contribution in [0.25, 0.3) is 39.4 Å². The van der Waals surface area contributed by atoms with Gasteiger partial charge in [-0.3, -0.25) is 9.97 Å². The third-order valence-corrected chi connectivity index (χ3v) is 9.37. The Kier molecular flexibility index (Phi) is 8.39. The van der Waals surface area contributed by atoms with Crippen LogP contribution in [0.3, 0.4) is 0 Å². The van der Waals surface area contributed by atoms with Gasteiger partial charge in [0.15, 0.2) is 5.82 Å². The lowest BCUT2D eigenvalue weighted by molar-refractivity contribution is 0.604. The third-order valence-electron chi connectivity index (χ3n) is 9.37. The Hall–Kier alpha value is -6.07. The van der Waals surface area contributed by atoms with Crippen LogP contribution in [-0.2, 0) is 0 Å². The summed E-state index contributed by atoms with van der Waals surface area (Å²) in [5, 5.41) is 0. The molecular weight excluding hydrogens is 599 g/mol. The molecular formula is C44H35N5. The van der Waals surface area contributed by atoms with Crippen molar-refractivity contribution >= 4 is 16.7 Å². The summed E-state index contributed by atoms with van der Waals surface area (Å²) in [5.41, 5.74) is 9.82. The SMILES string of the molecule is CC1C(c2ccccc2)=CC(c2ccccc2)=CC1c1nc(-c2cccc(-c3ccccn3)c2)nc(C2C=CC=C(c3ccccn3)C2)n1. The second kappa shape index (κ2) is 13.6. The summed E-state index contributed by atoms with van der Waals surface area (Å²) in [5.74, 6) is 2.23. The molecule has 49 heavy (non-hydrogen) atoms. The van der Waals surface area contributed by atoms with Crippen molar-refractivity contribution in [2.24, 2.45) is 5.92 Å². The van der Waals surface area contributed by atoms with Crippen molar-refractivity contribution in [2.75, 3.05) is 0 Å². The van der Waals surface area contributed by atoms with Gasteiger partial charge in [0.1, 0.15) is 11.6 Å². The quantitative estimate of drug-likeness (QED) is 0.175. The minimum Gasteiger partial charge on any atom is -0.257 e. The Labute approximate surface area is 287 Å². The second-order valence-corrected chi connectivity index (χ2v) is 12.5. The van der Waals surface area contributed by atoms with Gasteiger partial charge in [-0.2, -0.15) is 0 Å². The fraction of sp³-hybridized carbons (Fsp3) is 0.114. The summed E-state index contributed by atoms with van der Waals surface area (Å²) in [7, 11) is 0. The summed E-state index contributed by atoms with van der Waals surface area (Å²) in [6.07, 6.45) is 15.5. The molecule has 8 rings (SSSR count). The van der Waals surface area contributed by atoms with Crippen molar-refractivity contribution in [3.05, 3.63) is 193 Å². The molecule has 2 aliphatic rings. The molecule has 0 amide bonds. The van der Waals surface area contributed by atoms with Gasteiger partial charge in [0, 0.05) is 35.4 Å². The minimum absolute atomic E-state index is 0.0258. The normalized spacial score (nSPS) is 18.7. The summed E-state index contributed by atoms with van der Waals surface area (Å²) < 4.78 is 0. The molecule has 3 aromatic carbocycles. The van der Waals surface area contributed by atoms with E-state index in [1.165, 1.54) is 27.8 Å². The van der Waals surface area contributed by atoms with Gasteiger partial charge < -0.3 is 0 Å². The molecule has 0 bridgehead atoms. The maximum Gasteiger partial charge on any atom is 0.163 e. The van der Waals surface area contributed by atoms with Crippen LogP contribution < -0.4 is 0 Å². The Morgan fingerprint density at radius 3 is 1.98 bits per heavy atom. The molecule has 0 saturated carbocycles. The molecule has 0 radical (unpaired) electrons. The predicted octanol–water partition coefficient (Wildman–Crippen LogP) is 10.0.